The molecule has 2 rings (SSSR count). The van der Waals surface area contributed by atoms with E-state index < -0.39 is 12.0 Å². The number of benzene rings is 1. The van der Waals surface area contributed by atoms with Crippen LogP contribution in [0.5, 0.6) is 0 Å². The number of hydrogen-bond acceptors (Lipinski definition) is 2. The van der Waals surface area contributed by atoms with E-state index in [9.17, 15) is 9.50 Å². The molecule has 3 N–H and O–H groups in total. The molecule has 0 heterocycles. The van der Waals surface area contributed by atoms with E-state index in [1.165, 1.54) is 25.3 Å². The van der Waals surface area contributed by atoms with Gasteiger partial charge in [0.25, 0.3) is 0 Å². The molecule has 1 aromatic carbocycles. The summed E-state index contributed by atoms with van der Waals surface area (Å²) in [6.07, 6.45) is 6.10. The SMILES string of the molecule is NCC(c1c(F)cccc1Cl)C(O)CC1CCCCC1. The first-order valence-corrected chi connectivity index (χ1v) is 7.83. The highest BCUT2D eigenvalue weighted by Gasteiger charge is 2.27. The summed E-state index contributed by atoms with van der Waals surface area (Å²) in [5, 5.41) is 10.8. The number of halogens is 2. The Kier molecular flexibility index (Phi) is 5.82. The van der Waals surface area contributed by atoms with Crippen LogP contribution in [0.3, 0.4) is 0 Å². The van der Waals surface area contributed by atoms with Gasteiger partial charge in [-0.25, -0.2) is 4.39 Å². The second-order valence-electron chi connectivity index (χ2n) is 5.78. The van der Waals surface area contributed by atoms with Crippen LogP contribution in [0.4, 0.5) is 4.39 Å². The molecule has 0 aliphatic heterocycles. The lowest BCUT2D eigenvalue weighted by atomic mass is 9.81. The van der Waals surface area contributed by atoms with Crippen LogP contribution in [-0.4, -0.2) is 17.8 Å². The van der Waals surface area contributed by atoms with E-state index in [1.54, 1.807) is 12.1 Å². The number of hydrogen-bond donors (Lipinski definition) is 2. The first-order chi connectivity index (χ1) is 9.63. The highest BCUT2D eigenvalue weighted by atomic mass is 35.5. The Labute approximate surface area is 125 Å². The predicted molar refractivity (Wildman–Crippen MR) is 80.4 cm³/mol. The monoisotopic (exact) mass is 299 g/mol. The maximum Gasteiger partial charge on any atom is 0.128 e. The van der Waals surface area contributed by atoms with E-state index in [-0.39, 0.29) is 12.4 Å². The van der Waals surface area contributed by atoms with Crippen molar-refractivity contribution in [3.63, 3.8) is 0 Å². The summed E-state index contributed by atoms with van der Waals surface area (Å²) < 4.78 is 14.0. The Bertz CT molecular complexity index is 414. The molecule has 1 saturated carbocycles. The molecule has 0 spiro atoms. The summed E-state index contributed by atoms with van der Waals surface area (Å²) in [7, 11) is 0. The minimum atomic E-state index is -0.627. The summed E-state index contributed by atoms with van der Waals surface area (Å²) in [5.41, 5.74) is 6.12. The fraction of sp³-hybridized carbons (Fsp3) is 0.625. The van der Waals surface area contributed by atoms with E-state index in [1.807, 2.05) is 0 Å². The van der Waals surface area contributed by atoms with Crippen molar-refractivity contribution in [3.05, 3.63) is 34.6 Å². The van der Waals surface area contributed by atoms with Gasteiger partial charge in [-0.15, -0.1) is 0 Å². The Morgan fingerprint density at radius 1 is 1.30 bits per heavy atom. The van der Waals surface area contributed by atoms with Gasteiger partial charge in [0.15, 0.2) is 0 Å². The van der Waals surface area contributed by atoms with E-state index >= 15 is 0 Å². The van der Waals surface area contributed by atoms with Crippen LogP contribution in [0.2, 0.25) is 5.02 Å². The Morgan fingerprint density at radius 2 is 2.00 bits per heavy atom. The van der Waals surface area contributed by atoms with Gasteiger partial charge < -0.3 is 10.8 Å². The number of rotatable bonds is 5. The Morgan fingerprint density at radius 3 is 2.60 bits per heavy atom. The molecule has 2 unspecified atom stereocenters. The largest absolute Gasteiger partial charge is 0.392 e. The molecule has 1 aromatic rings. The molecule has 4 heteroatoms. The first-order valence-electron chi connectivity index (χ1n) is 7.45. The summed E-state index contributed by atoms with van der Waals surface area (Å²) in [4.78, 5) is 0. The van der Waals surface area contributed by atoms with Gasteiger partial charge in [0.2, 0.25) is 0 Å². The molecule has 2 nitrogen and oxygen atoms in total. The second-order valence-corrected chi connectivity index (χ2v) is 6.19. The standard InChI is InChI=1S/C16H23ClFNO/c17-13-7-4-8-14(18)16(13)12(10-19)15(20)9-11-5-2-1-3-6-11/h4,7-8,11-12,15,20H,1-3,5-6,9-10,19H2. The third-order valence-corrected chi connectivity index (χ3v) is 4.72. The maximum absolute atomic E-state index is 14.0. The van der Waals surface area contributed by atoms with Crippen molar-refractivity contribution in [2.45, 2.75) is 50.5 Å². The van der Waals surface area contributed by atoms with Crippen molar-refractivity contribution in [2.75, 3.05) is 6.54 Å². The predicted octanol–water partition coefficient (Wildman–Crippen LogP) is 3.85. The smallest absolute Gasteiger partial charge is 0.128 e. The third-order valence-electron chi connectivity index (χ3n) is 4.39. The lowest BCUT2D eigenvalue weighted by Crippen LogP contribution is -2.29. The molecule has 0 aromatic heterocycles. The van der Waals surface area contributed by atoms with Crippen LogP contribution in [0.15, 0.2) is 18.2 Å². The van der Waals surface area contributed by atoms with Gasteiger partial charge in [0.1, 0.15) is 5.82 Å². The second kappa shape index (κ2) is 7.39. The van der Waals surface area contributed by atoms with Crippen molar-refractivity contribution < 1.29 is 9.50 Å². The van der Waals surface area contributed by atoms with Gasteiger partial charge in [-0.3, -0.25) is 0 Å². The Balaban J connectivity index is 2.10. The summed E-state index contributed by atoms with van der Waals surface area (Å²) in [6, 6.07) is 4.59. The number of aliphatic hydroxyl groups excluding tert-OH is 1. The first kappa shape index (κ1) is 15.7. The highest BCUT2D eigenvalue weighted by Crippen LogP contribution is 2.34. The molecular weight excluding hydrogens is 277 g/mol. The summed E-state index contributed by atoms with van der Waals surface area (Å²) in [5.74, 6) is -0.278. The van der Waals surface area contributed by atoms with E-state index in [0.29, 0.717) is 22.9 Å². The van der Waals surface area contributed by atoms with Crippen molar-refractivity contribution in [3.8, 4) is 0 Å². The van der Waals surface area contributed by atoms with Crippen LogP contribution in [0, 0.1) is 11.7 Å². The van der Waals surface area contributed by atoms with Crippen molar-refractivity contribution in [1.29, 1.82) is 0 Å². The third kappa shape index (κ3) is 3.72. The zero-order chi connectivity index (χ0) is 14.5. The maximum atomic E-state index is 14.0. The molecule has 1 aliphatic carbocycles. The topological polar surface area (TPSA) is 46.2 Å². The van der Waals surface area contributed by atoms with Gasteiger partial charge in [-0.1, -0.05) is 49.8 Å². The van der Waals surface area contributed by atoms with Crippen LogP contribution < -0.4 is 5.73 Å². The molecule has 20 heavy (non-hydrogen) atoms. The fourth-order valence-electron chi connectivity index (χ4n) is 3.26. The van der Waals surface area contributed by atoms with Gasteiger partial charge in [0.05, 0.1) is 6.10 Å². The molecule has 1 fully saturated rings. The lowest BCUT2D eigenvalue weighted by Gasteiger charge is -2.29. The minimum absolute atomic E-state index is 0.203. The zero-order valence-electron chi connectivity index (χ0n) is 11.7. The lowest BCUT2D eigenvalue weighted by molar-refractivity contribution is 0.104. The van der Waals surface area contributed by atoms with Crippen LogP contribution >= 0.6 is 11.6 Å². The average molecular weight is 300 g/mol. The van der Waals surface area contributed by atoms with Gasteiger partial charge in [-0.2, -0.15) is 0 Å². The van der Waals surface area contributed by atoms with Crippen molar-refractivity contribution in [2.24, 2.45) is 11.7 Å². The van der Waals surface area contributed by atoms with Gasteiger partial charge in [-0.05, 0) is 24.5 Å². The molecular formula is C16H23ClFNO. The molecule has 2 atom stereocenters. The van der Waals surface area contributed by atoms with Crippen molar-refractivity contribution in [1.82, 2.24) is 0 Å². The minimum Gasteiger partial charge on any atom is -0.392 e. The number of nitrogens with two attached hydrogens (primary N) is 1. The fourth-order valence-corrected chi connectivity index (χ4v) is 3.56. The molecule has 0 bridgehead atoms. The zero-order valence-corrected chi connectivity index (χ0v) is 12.5. The summed E-state index contributed by atoms with van der Waals surface area (Å²) >= 11 is 6.08. The molecule has 112 valence electrons. The van der Waals surface area contributed by atoms with E-state index in [0.717, 1.165) is 12.8 Å². The highest BCUT2D eigenvalue weighted by molar-refractivity contribution is 6.31. The van der Waals surface area contributed by atoms with Crippen LogP contribution in [-0.2, 0) is 0 Å². The van der Waals surface area contributed by atoms with Gasteiger partial charge in [0, 0.05) is 23.0 Å². The normalized spacial score (nSPS) is 19.8. The molecule has 0 radical (unpaired) electrons. The molecule has 0 amide bonds. The molecule has 0 saturated heterocycles. The number of aliphatic hydroxyl groups is 1. The van der Waals surface area contributed by atoms with Gasteiger partial charge >= 0.3 is 0 Å². The molecule has 1 aliphatic rings. The van der Waals surface area contributed by atoms with E-state index in [2.05, 4.69) is 0 Å². The summed E-state index contributed by atoms with van der Waals surface area (Å²) in [6.45, 7) is 0.203. The van der Waals surface area contributed by atoms with Crippen LogP contribution in [0.25, 0.3) is 0 Å². The van der Waals surface area contributed by atoms with Crippen molar-refractivity contribution >= 4 is 11.6 Å². The quantitative estimate of drug-likeness (QED) is 0.867. The average Bonchev–Trinajstić information content (AvgIpc) is 2.44. The van der Waals surface area contributed by atoms with Crippen LogP contribution in [0.1, 0.15) is 50.0 Å². The van der Waals surface area contributed by atoms with E-state index in [4.69, 9.17) is 17.3 Å². The Hall–Kier alpha value is -0.640.